The average molecular weight is 283 g/mol. The monoisotopic (exact) mass is 283 g/mol. The molecule has 0 saturated heterocycles. The van der Waals surface area contributed by atoms with Gasteiger partial charge in [0.2, 0.25) is 0 Å². The molecule has 1 nitrogen and oxygen atoms in total. The largest absolute Gasteiger partial charge is 0.435 e. The summed E-state index contributed by atoms with van der Waals surface area (Å²) in [5.74, 6) is 0.228. The van der Waals surface area contributed by atoms with Crippen LogP contribution in [0.2, 0.25) is 0 Å². The van der Waals surface area contributed by atoms with E-state index in [4.69, 9.17) is 0 Å². The third-order valence-electron chi connectivity index (χ3n) is 3.28. The zero-order valence-corrected chi connectivity index (χ0v) is 12.3. The van der Waals surface area contributed by atoms with Crippen LogP contribution in [0.5, 0.6) is 5.75 Å². The fraction of sp³-hybridized carbons (Fsp3) is 0.588. The van der Waals surface area contributed by atoms with Gasteiger partial charge in [0, 0.05) is 0 Å². The van der Waals surface area contributed by atoms with Crippen LogP contribution in [0.4, 0.5) is 8.78 Å². The van der Waals surface area contributed by atoms with Gasteiger partial charge in [0.1, 0.15) is 5.75 Å². The molecule has 0 atom stereocenters. The summed E-state index contributed by atoms with van der Waals surface area (Å²) in [5, 5.41) is 0. The zero-order chi connectivity index (χ0) is 14.6. The minimum atomic E-state index is -2.75. The predicted octanol–water partition coefficient (Wildman–Crippen LogP) is 5.79. The summed E-state index contributed by atoms with van der Waals surface area (Å²) in [7, 11) is 0. The molecule has 0 bridgehead atoms. The van der Waals surface area contributed by atoms with Gasteiger partial charge < -0.3 is 4.74 Å². The lowest BCUT2D eigenvalue weighted by molar-refractivity contribution is -0.0498. The highest BCUT2D eigenvalue weighted by molar-refractivity contribution is 5.27. The molecule has 0 N–H and O–H groups in total. The minimum absolute atomic E-state index is 0.228. The smallest absolute Gasteiger partial charge is 0.387 e. The van der Waals surface area contributed by atoms with Crippen LogP contribution < -0.4 is 4.74 Å². The SMILES string of the molecule is CCCCCC[CH]CCCc1ccc(OC(F)F)cc1. The molecule has 0 spiro atoms. The lowest BCUT2D eigenvalue weighted by Crippen LogP contribution is -2.01. The maximum absolute atomic E-state index is 12.0. The highest BCUT2D eigenvalue weighted by atomic mass is 19.3. The third kappa shape index (κ3) is 8.13. The number of alkyl halides is 2. The maximum atomic E-state index is 12.0. The highest BCUT2D eigenvalue weighted by Crippen LogP contribution is 2.16. The maximum Gasteiger partial charge on any atom is 0.387 e. The summed E-state index contributed by atoms with van der Waals surface area (Å²) in [6, 6.07) is 6.93. The molecule has 0 aliphatic heterocycles. The molecular weight excluding hydrogens is 258 g/mol. The lowest BCUT2D eigenvalue weighted by Gasteiger charge is -2.06. The topological polar surface area (TPSA) is 9.23 Å². The molecule has 0 fully saturated rings. The first-order valence-electron chi connectivity index (χ1n) is 7.57. The molecule has 1 radical (unpaired) electrons. The zero-order valence-electron chi connectivity index (χ0n) is 12.3. The molecule has 113 valence electrons. The molecule has 0 aliphatic rings. The second kappa shape index (κ2) is 10.6. The van der Waals surface area contributed by atoms with Crippen molar-refractivity contribution in [3.8, 4) is 5.75 Å². The van der Waals surface area contributed by atoms with E-state index in [1.807, 2.05) is 12.1 Å². The molecule has 0 saturated carbocycles. The Morgan fingerprint density at radius 2 is 1.70 bits per heavy atom. The molecule has 20 heavy (non-hydrogen) atoms. The van der Waals surface area contributed by atoms with Crippen molar-refractivity contribution in [2.45, 2.75) is 64.9 Å². The van der Waals surface area contributed by atoms with E-state index in [0.29, 0.717) is 0 Å². The van der Waals surface area contributed by atoms with E-state index in [1.54, 1.807) is 12.1 Å². The van der Waals surface area contributed by atoms with Gasteiger partial charge in [0.05, 0.1) is 0 Å². The summed E-state index contributed by atoms with van der Waals surface area (Å²) in [6.45, 7) is -0.524. The number of ether oxygens (including phenoxy) is 1. The lowest BCUT2D eigenvalue weighted by atomic mass is 10.0. The van der Waals surface area contributed by atoms with E-state index in [2.05, 4.69) is 18.1 Å². The fourth-order valence-electron chi connectivity index (χ4n) is 2.15. The van der Waals surface area contributed by atoms with E-state index >= 15 is 0 Å². The van der Waals surface area contributed by atoms with Crippen LogP contribution in [0.15, 0.2) is 24.3 Å². The summed E-state index contributed by atoms with van der Waals surface area (Å²) in [5.41, 5.74) is 1.17. The van der Waals surface area contributed by atoms with E-state index in [9.17, 15) is 8.78 Å². The second-order valence-electron chi connectivity index (χ2n) is 5.05. The molecule has 3 heteroatoms. The van der Waals surface area contributed by atoms with Crippen LogP contribution >= 0.6 is 0 Å². The summed E-state index contributed by atoms with van der Waals surface area (Å²) in [4.78, 5) is 0. The van der Waals surface area contributed by atoms with Crippen LogP contribution in [-0.2, 0) is 6.42 Å². The van der Waals surface area contributed by atoms with E-state index in [-0.39, 0.29) is 5.75 Å². The van der Waals surface area contributed by atoms with E-state index in [1.165, 1.54) is 37.7 Å². The van der Waals surface area contributed by atoms with Crippen molar-refractivity contribution < 1.29 is 13.5 Å². The van der Waals surface area contributed by atoms with Crippen molar-refractivity contribution in [3.63, 3.8) is 0 Å². The number of hydrogen-bond donors (Lipinski definition) is 0. The summed E-state index contributed by atoms with van der Waals surface area (Å²) in [6.07, 6.45) is 12.0. The van der Waals surface area contributed by atoms with Gasteiger partial charge in [-0.25, -0.2) is 0 Å². The van der Waals surface area contributed by atoms with Crippen LogP contribution in [0.25, 0.3) is 0 Å². The molecule has 1 aromatic carbocycles. The first-order chi connectivity index (χ1) is 9.72. The Bertz CT molecular complexity index is 335. The normalized spacial score (nSPS) is 11.0. The molecule has 0 amide bonds. The van der Waals surface area contributed by atoms with Gasteiger partial charge in [-0.15, -0.1) is 0 Å². The molecule has 0 aliphatic carbocycles. The van der Waals surface area contributed by atoms with Crippen molar-refractivity contribution in [2.75, 3.05) is 0 Å². The number of unbranched alkanes of at least 4 members (excludes halogenated alkanes) is 7. The van der Waals surface area contributed by atoms with Crippen LogP contribution in [0.3, 0.4) is 0 Å². The number of rotatable bonds is 11. The average Bonchev–Trinajstić information content (AvgIpc) is 2.43. The van der Waals surface area contributed by atoms with Crippen LogP contribution in [-0.4, -0.2) is 6.61 Å². The number of aryl methyl sites for hydroxylation is 1. The van der Waals surface area contributed by atoms with Crippen molar-refractivity contribution in [1.29, 1.82) is 0 Å². The Kier molecular flexibility index (Phi) is 9.01. The Morgan fingerprint density at radius 1 is 1.00 bits per heavy atom. The number of benzene rings is 1. The third-order valence-corrected chi connectivity index (χ3v) is 3.28. The highest BCUT2D eigenvalue weighted by Gasteiger charge is 2.03. The van der Waals surface area contributed by atoms with Gasteiger partial charge >= 0.3 is 6.61 Å². The molecule has 0 unspecified atom stereocenters. The first kappa shape index (κ1) is 16.9. The van der Waals surface area contributed by atoms with E-state index < -0.39 is 6.61 Å². The minimum Gasteiger partial charge on any atom is -0.435 e. The van der Waals surface area contributed by atoms with Gasteiger partial charge in [-0.1, -0.05) is 51.2 Å². The predicted molar refractivity (Wildman–Crippen MR) is 79.1 cm³/mol. The van der Waals surface area contributed by atoms with Gasteiger partial charge in [-0.3, -0.25) is 0 Å². The van der Waals surface area contributed by atoms with Crippen molar-refractivity contribution in [3.05, 3.63) is 36.2 Å². The Labute approximate surface area is 121 Å². The van der Waals surface area contributed by atoms with Gasteiger partial charge in [-0.2, -0.15) is 8.78 Å². The number of halogens is 2. The molecule has 1 rings (SSSR count). The summed E-state index contributed by atoms with van der Waals surface area (Å²) < 4.78 is 28.3. The molecule has 0 aromatic heterocycles. The van der Waals surface area contributed by atoms with Crippen LogP contribution in [0.1, 0.15) is 57.4 Å². The molecular formula is C17H25F2O. The molecule has 1 aromatic rings. The van der Waals surface area contributed by atoms with Gasteiger partial charge in [-0.05, 0) is 43.4 Å². The molecule has 0 heterocycles. The van der Waals surface area contributed by atoms with Crippen LogP contribution in [0, 0.1) is 6.42 Å². The van der Waals surface area contributed by atoms with Crippen molar-refractivity contribution >= 4 is 0 Å². The standard InChI is InChI=1S/C17H25F2O/c1-2-3-4-5-6-7-8-9-10-15-11-13-16(14-12-15)20-17(18)19/h7,11-14,17H,2-6,8-10H2,1H3. The van der Waals surface area contributed by atoms with Gasteiger partial charge in [0.15, 0.2) is 0 Å². The Balaban J connectivity index is 2.07. The Morgan fingerprint density at radius 3 is 2.35 bits per heavy atom. The fourth-order valence-corrected chi connectivity index (χ4v) is 2.15. The first-order valence-corrected chi connectivity index (χ1v) is 7.57. The second-order valence-corrected chi connectivity index (χ2v) is 5.05. The number of hydrogen-bond acceptors (Lipinski definition) is 1. The van der Waals surface area contributed by atoms with E-state index in [0.717, 1.165) is 19.3 Å². The van der Waals surface area contributed by atoms with Crippen molar-refractivity contribution in [1.82, 2.24) is 0 Å². The quantitative estimate of drug-likeness (QED) is 0.467. The summed E-state index contributed by atoms with van der Waals surface area (Å²) >= 11 is 0. The Hall–Kier alpha value is -1.12. The van der Waals surface area contributed by atoms with Gasteiger partial charge in [0.25, 0.3) is 0 Å². The van der Waals surface area contributed by atoms with Crippen molar-refractivity contribution in [2.24, 2.45) is 0 Å².